The maximum Gasteiger partial charge on any atom is 0.339 e. The molecule has 0 fully saturated rings. The van der Waals surface area contributed by atoms with Crippen molar-refractivity contribution < 1.29 is 33.3 Å². The lowest BCUT2D eigenvalue weighted by Gasteiger charge is -2.11. The van der Waals surface area contributed by atoms with Gasteiger partial charge in [-0.3, -0.25) is 9.59 Å². The van der Waals surface area contributed by atoms with Crippen LogP contribution in [-0.4, -0.2) is 64.6 Å². The van der Waals surface area contributed by atoms with Gasteiger partial charge in [-0.15, -0.1) is 11.8 Å². The number of hydrogen-bond acceptors (Lipinski definition) is 8. The number of carbonyl (C=O) groups excluding carboxylic acids is 3. The smallest absolute Gasteiger partial charge is 0.339 e. The zero-order valence-corrected chi connectivity index (χ0v) is 19.0. The van der Waals surface area contributed by atoms with Crippen molar-refractivity contribution in [2.45, 2.75) is 4.90 Å². The Morgan fingerprint density at radius 1 is 0.938 bits per heavy atom. The van der Waals surface area contributed by atoms with Crippen molar-refractivity contribution >= 4 is 35.2 Å². The molecule has 0 radical (unpaired) electrons. The molecule has 0 bridgehead atoms. The molecular formula is C22H26N2O7S. The number of ether oxygens (including phenoxy) is 4. The Hall–Kier alpha value is -3.24. The Bertz CT molecular complexity index is 914. The molecule has 0 aromatic heterocycles. The quantitative estimate of drug-likeness (QED) is 0.281. The SMILES string of the molecule is COCCNC(=O)CSc1ccccc1C(=O)OCC(=O)Nc1cc(OC)cc(OC)c1. The standard InChI is InChI=1S/C22H26N2O7S/c1-28-9-8-23-21(26)14-32-19-7-5-4-6-18(19)22(27)31-13-20(25)24-15-10-16(29-2)12-17(11-15)30-3/h4-7,10-12H,8-9,13-14H2,1-3H3,(H,23,26)(H,24,25). The lowest BCUT2D eigenvalue weighted by molar-refractivity contribution is -0.119. The summed E-state index contributed by atoms with van der Waals surface area (Å²) in [5.74, 6) is -0.208. The molecule has 0 spiro atoms. The molecule has 172 valence electrons. The molecule has 2 aromatic rings. The minimum atomic E-state index is -0.661. The van der Waals surface area contributed by atoms with Gasteiger partial charge in [0, 0.05) is 42.4 Å². The van der Waals surface area contributed by atoms with Gasteiger partial charge in [0.25, 0.3) is 5.91 Å². The average Bonchev–Trinajstić information content (AvgIpc) is 2.81. The van der Waals surface area contributed by atoms with Crippen LogP contribution < -0.4 is 20.1 Å². The van der Waals surface area contributed by atoms with Crippen molar-refractivity contribution in [3.05, 3.63) is 48.0 Å². The summed E-state index contributed by atoms with van der Waals surface area (Å²) in [6, 6.07) is 11.6. The fourth-order valence-corrected chi connectivity index (χ4v) is 3.40. The molecule has 0 saturated carbocycles. The zero-order chi connectivity index (χ0) is 23.3. The molecule has 0 aliphatic carbocycles. The number of anilines is 1. The summed E-state index contributed by atoms with van der Waals surface area (Å²) in [6.07, 6.45) is 0. The molecule has 0 saturated heterocycles. The Kier molecular flexibility index (Phi) is 10.3. The van der Waals surface area contributed by atoms with Gasteiger partial charge < -0.3 is 29.6 Å². The van der Waals surface area contributed by atoms with Gasteiger partial charge in [-0.1, -0.05) is 12.1 Å². The van der Waals surface area contributed by atoms with Crippen LogP contribution in [0.25, 0.3) is 0 Å². The third kappa shape index (κ3) is 8.12. The number of methoxy groups -OCH3 is 3. The molecule has 2 amide bonds. The van der Waals surface area contributed by atoms with E-state index in [-0.39, 0.29) is 17.2 Å². The molecule has 0 atom stereocenters. The fraction of sp³-hybridized carbons (Fsp3) is 0.318. The largest absolute Gasteiger partial charge is 0.497 e. The van der Waals surface area contributed by atoms with E-state index < -0.39 is 18.5 Å². The van der Waals surface area contributed by atoms with Gasteiger partial charge >= 0.3 is 5.97 Å². The Labute approximate surface area is 190 Å². The number of esters is 1. The van der Waals surface area contributed by atoms with Gasteiger partial charge in [0.2, 0.25) is 5.91 Å². The first-order valence-electron chi connectivity index (χ1n) is 9.64. The number of hydrogen-bond donors (Lipinski definition) is 2. The summed E-state index contributed by atoms with van der Waals surface area (Å²) in [5, 5.41) is 5.34. The molecule has 9 nitrogen and oxygen atoms in total. The molecule has 0 aliphatic heterocycles. The molecule has 32 heavy (non-hydrogen) atoms. The van der Waals surface area contributed by atoms with Crippen LogP contribution in [0.3, 0.4) is 0 Å². The summed E-state index contributed by atoms with van der Waals surface area (Å²) in [4.78, 5) is 37.2. The maximum absolute atomic E-state index is 12.5. The molecule has 0 unspecified atom stereocenters. The fourth-order valence-electron chi connectivity index (χ4n) is 2.53. The number of nitrogens with one attached hydrogen (secondary N) is 2. The van der Waals surface area contributed by atoms with Crippen molar-refractivity contribution in [2.24, 2.45) is 0 Å². The third-order valence-electron chi connectivity index (χ3n) is 4.06. The summed E-state index contributed by atoms with van der Waals surface area (Å²) in [7, 11) is 4.55. The van der Waals surface area contributed by atoms with E-state index in [1.165, 1.54) is 26.0 Å². The van der Waals surface area contributed by atoms with Crippen LogP contribution in [0.4, 0.5) is 5.69 Å². The average molecular weight is 463 g/mol. The van der Waals surface area contributed by atoms with E-state index in [9.17, 15) is 14.4 Å². The lowest BCUT2D eigenvalue weighted by Crippen LogP contribution is -2.28. The zero-order valence-electron chi connectivity index (χ0n) is 18.1. The number of amides is 2. The molecule has 2 aromatic carbocycles. The first kappa shape index (κ1) is 25.0. The van der Waals surface area contributed by atoms with Crippen LogP contribution in [0, 0.1) is 0 Å². The summed E-state index contributed by atoms with van der Waals surface area (Å²) in [5.41, 5.74) is 0.718. The third-order valence-corrected chi connectivity index (χ3v) is 5.14. The minimum absolute atomic E-state index is 0.131. The van der Waals surface area contributed by atoms with Crippen LogP contribution in [0.2, 0.25) is 0 Å². The highest BCUT2D eigenvalue weighted by Crippen LogP contribution is 2.26. The second kappa shape index (κ2) is 13.2. The van der Waals surface area contributed by atoms with Crippen LogP contribution in [-0.2, 0) is 19.1 Å². The van der Waals surface area contributed by atoms with Gasteiger partial charge in [-0.25, -0.2) is 4.79 Å². The van der Waals surface area contributed by atoms with E-state index in [1.807, 2.05) is 0 Å². The Balaban J connectivity index is 1.91. The maximum atomic E-state index is 12.5. The predicted octanol–water partition coefficient (Wildman–Crippen LogP) is 2.35. The van der Waals surface area contributed by atoms with E-state index in [0.29, 0.717) is 35.2 Å². The topological polar surface area (TPSA) is 112 Å². The molecular weight excluding hydrogens is 436 g/mol. The monoisotopic (exact) mass is 462 g/mol. The second-order valence-electron chi connectivity index (χ2n) is 6.35. The minimum Gasteiger partial charge on any atom is -0.497 e. The molecule has 0 heterocycles. The van der Waals surface area contributed by atoms with E-state index in [0.717, 1.165) is 0 Å². The van der Waals surface area contributed by atoms with Crippen molar-refractivity contribution in [1.29, 1.82) is 0 Å². The molecule has 2 rings (SSSR count). The number of carbonyl (C=O) groups is 3. The van der Waals surface area contributed by atoms with Crippen LogP contribution in [0.15, 0.2) is 47.4 Å². The Morgan fingerprint density at radius 2 is 1.62 bits per heavy atom. The molecule has 2 N–H and O–H groups in total. The Morgan fingerprint density at radius 3 is 2.28 bits per heavy atom. The van der Waals surface area contributed by atoms with Crippen molar-refractivity contribution in [2.75, 3.05) is 52.2 Å². The summed E-state index contributed by atoms with van der Waals surface area (Å²) >= 11 is 1.20. The normalized spacial score (nSPS) is 10.2. The first-order chi connectivity index (χ1) is 15.5. The van der Waals surface area contributed by atoms with E-state index in [2.05, 4.69) is 10.6 Å². The van der Waals surface area contributed by atoms with Crippen molar-refractivity contribution in [1.82, 2.24) is 5.32 Å². The first-order valence-corrected chi connectivity index (χ1v) is 10.6. The van der Waals surface area contributed by atoms with Crippen LogP contribution in [0.1, 0.15) is 10.4 Å². The number of rotatable bonds is 12. The van der Waals surface area contributed by atoms with Crippen molar-refractivity contribution in [3.63, 3.8) is 0 Å². The van der Waals surface area contributed by atoms with E-state index in [1.54, 1.807) is 49.6 Å². The van der Waals surface area contributed by atoms with Gasteiger partial charge in [0.15, 0.2) is 6.61 Å². The van der Waals surface area contributed by atoms with Crippen molar-refractivity contribution in [3.8, 4) is 11.5 Å². The van der Waals surface area contributed by atoms with Gasteiger partial charge in [0.1, 0.15) is 11.5 Å². The highest BCUT2D eigenvalue weighted by Gasteiger charge is 2.16. The molecule has 10 heteroatoms. The van der Waals surface area contributed by atoms with Crippen LogP contribution >= 0.6 is 11.8 Å². The second-order valence-corrected chi connectivity index (χ2v) is 7.37. The number of benzene rings is 2. The van der Waals surface area contributed by atoms with Gasteiger partial charge in [-0.2, -0.15) is 0 Å². The van der Waals surface area contributed by atoms with Crippen LogP contribution in [0.5, 0.6) is 11.5 Å². The summed E-state index contributed by atoms with van der Waals surface area (Å²) < 4.78 is 20.4. The molecule has 0 aliphatic rings. The summed E-state index contributed by atoms with van der Waals surface area (Å²) in [6.45, 7) is 0.354. The van der Waals surface area contributed by atoms with Gasteiger partial charge in [-0.05, 0) is 12.1 Å². The highest BCUT2D eigenvalue weighted by atomic mass is 32.2. The number of thioether (sulfide) groups is 1. The van der Waals surface area contributed by atoms with E-state index in [4.69, 9.17) is 18.9 Å². The van der Waals surface area contributed by atoms with E-state index >= 15 is 0 Å². The predicted molar refractivity (Wildman–Crippen MR) is 121 cm³/mol. The highest BCUT2D eigenvalue weighted by molar-refractivity contribution is 8.00. The lowest BCUT2D eigenvalue weighted by atomic mass is 10.2. The van der Waals surface area contributed by atoms with Gasteiger partial charge in [0.05, 0.1) is 32.1 Å².